The van der Waals surface area contributed by atoms with Gasteiger partial charge in [0.15, 0.2) is 0 Å². The van der Waals surface area contributed by atoms with Crippen molar-refractivity contribution in [2.24, 2.45) is 11.8 Å². The molecule has 1 amide bonds. The predicted octanol–water partition coefficient (Wildman–Crippen LogP) is 0.690. The van der Waals surface area contributed by atoms with Gasteiger partial charge in [-0.2, -0.15) is 0 Å². The van der Waals surface area contributed by atoms with Crippen molar-refractivity contribution in [3.63, 3.8) is 0 Å². The lowest BCUT2D eigenvalue weighted by Crippen LogP contribution is -2.48. The van der Waals surface area contributed by atoms with Gasteiger partial charge in [0.1, 0.15) is 6.04 Å². The van der Waals surface area contributed by atoms with Gasteiger partial charge in [-0.1, -0.05) is 13.8 Å². The minimum Gasteiger partial charge on any atom is -0.467 e. The molecule has 1 heterocycles. The zero-order chi connectivity index (χ0) is 13.5. The minimum absolute atomic E-state index is 0.0296. The van der Waals surface area contributed by atoms with Gasteiger partial charge in [0.05, 0.1) is 13.0 Å². The average Bonchev–Trinajstić information content (AvgIpc) is 2.37. The molecule has 0 aliphatic carbocycles. The van der Waals surface area contributed by atoms with Crippen molar-refractivity contribution < 1.29 is 14.3 Å². The number of rotatable bonds is 5. The first-order chi connectivity index (χ1) is 8.54. The van der Waals surface area contributed by atoms with E-state index in [-0.39, 0.29) is 17.8 Å². The van der Waals surface area contributed by atoms with Crippen LogP contribution in [0.25, 0.3) is 0 Å². The standard InChI is InChI=1S/C13H24N2O3/c1-9(2)7-11(13(17)18-3)15-12(16)10-5-4-6-14-8-10/h9-11,14H,4-8H2,1-3H3,(H,15,16)/t10-,11-/m0/s1. The van der Waals surface area contributed by atoms with E-state index in [0.717, 1.165) is 19.4 Å². The van der Waals surface area contributed by atoms with Gasteiger partial charge in [-0.3, -0.25) is 4.79 Å². The van der Waals surface area contributed by atoms with Gasteiger partial charge in [0.2, 0.25) is 5.91 Å². The Hall–Kier alpha value is -1.10. The number of carbonyl (C=O) groups is 2. The first-order valence-electron chi connectivity index (χ1n) is 6.63. The molecule has 1 saturated heterocycles. The predicted molar refractivity (Wildman–Crippen MR) is 69.0 cm³/mol. The monoisotopic (exact) mass is 256 g/mol. The van der Waals surface area contributed by atoms with Crippen molar-refractivity contribution >= 4 is 11.9 Å². The van der Waals surface area contributed by atoms with Gasteiger partial charge in [0.25, 0.3) is 0 Å². The zero-order valence-corrected chi connectivity index (χ0v) is 11.5. The summed E-state index contributed by atoms with van der Waals surface area (Å²) in [5, 5.41) is 6.01. The Kier molecular flexibility index (Phi) is 6.12. The Balaban J connectivity index is 2.52. The number of ether oxygens (including phenoxy) is 1. The molecule has 1 aliphatic rings. The molecule has 0 unspecified atom stereocenters. The SMILES string of the molecule is COC(=O)[C@H](CC(C)C)NC(=O)[C@H]1CCCNC1. The van der Waals surface area contributed by atoms with Crippen molar-refractivity contribution in [3.05, 3.63) is 0 Å². The van der Waals surface area contributed by atoms with Crippen molar-refractivity contribution in [1.29, 1.82) is 0 Å². The lowest BCUT2D eigenvalue weighted by atomic mass is 9.97. The van der Waals surface area contributed by atoms with Crippen LogP contribution < -0.4 is 10.6 Å². The quantitative estimate of drug-likeness (QED) is 0.710. The molecule has 1 aliphatic heterocycles. The van der Waals surface area contributed by atoms with E-state index in [1.807, 2.05) is 13.8 Å². The molecule has 1 fully saturated rings. The van der Waals surface area contributed by atoms with E-state index in [1.54, 1.807) is 0 Å². The van der Waals surface area contributed by atoms with Crippen LogP contribution in [0, 0.1) is 11.8 Å². The smallest absolute Gasteiger partial charge is 0.328 e. The van der Waals surface area contributed by atoms with Crippen LogP contribution in [0.5, 0.6) is 0 Å². The van der Waals surface area contributed by atoms with E-state index in [2.05, 4.69) is 10.6 Å². The molecular formula is C13H24N2O3. The second kappa shape index (κ2) is 7.36. The Morgan fingerprint density at radius 1 is 1.44 bits per heavy atom. The Bertz CT molecular complexity index is 286. The summed E-state index contributed by atoms with van der Waals surface area (Å²) in [6.45, 7) is 5.70. The lowest BCUT2D eigenvalue weighted by molar-refractivity contribution is -0.146. The summed E-state index contributed by atoms with van der Waals surface area (Å²) >= 11 is 0. The maximum atomic E-state index is 12.1. The molecule has 0 saturated carbocycles. The second-order valence-electron chi connectivity index (χ2n) is 5.26. The summed E-state index contributed by atoms with van der Waals surface area (Å²) in [5.41, 5.74) is 0. The van der Waals surface area contributed by atoms with E-state index >= 15 is 0 Å². The van der Waals surface area contributed by atoms with Crippen molar-refractivity contribution in [3.8, 4) is 0 Å². The van der Waals surface area contributed by atoms with Crippen LogP contribution in [0.1, 0.15) is 33.1 Å². The van der Waals surface area contributed by atoms with Crippen LogP contribution in [0.2, 0.25) is 0 Å². The van der Waals surface area contributed by atoms with E-state index in [0.29, 0.717) is 18.9 Å². The maximum Gasteiger partial charge on any atom is 0.328 e. The molecule has 0 aromatic heterocycles. The van der Waals surface area contributed by atoms with Crippen LogP contribution >= 0.6 is 0 Å². The topological polar surface area (TPSA) is 67.4 Å². The van der Waals surface area contributed by atoms with Crippen molar-refractivity contribution in [2.45, 2.75) is 39.2 Å². The molecule has 0 aromatic carbocycles. The van der Waals surface area contributed by atoms with E-state index < -0.39 is 6.04 Å². The van der Waals surface area contributed by atoms with Crippen LogP contribution in [0.4, 0.5) is 0 Å². The van der Waals surface area contributed by atoms with Gasteiger partial charge < -0.3 is 15.4 Å². The van der Waals surface area contributed by atoms with Gasteiger partial charge in [-0.25, -0.2) is 4.79 Å². The molecule has 2 N–H and O–H groups in total. The van der Waals surface area contributed by atoms with Crippen LogP contribution in [-0.2, 0) is 14.3 Å². The normalized spacial score (nSPS) is 21.4. The fourth-order valence-electron chi connectivity index (χ4n) is 2.19. The molecule has 0 bridgehead atoms. The van der Waals surface area contributed by atoms with E-state index in [1.165, 1.54) is 7.11 Å². The summed E-state index contributed by atoms with van der Waals surface area (Å²) < 4.78 is 4.73. The summed E-state index contributed by atoms with van der Waals surface area (Å²) in [7, 11) is 1.35. The van der Waals surface area contributed by atoms with Gasteiger partial charge >= 0.3 is 5.97 Å². The largest absolute Gasteiger partial charge is 0.467 e. The highest BCUT2D eigenvalue weighted by molar-refractivity contribution is 5.85. The highest BCUT2D eigenvalue weighted by Crippen LogP contribution is 2.12. The first-order valence-corrected chi connectivity index (χ1v) is 6.63. The molecule has 18 heavy (non-hydrogen) atoms. The molecule has 0 spiro atoms. The number of methoxy groups -OCH3 is 1. The number of esters is 1. The van der Waals surface area contributed by atoms with Gasteiger partial charge in [0, 0.05) is 6.54 Å². The molecule has 5 heteroatoms. The fourth-order valence-corrected chi connectivity index (χ4v) is 2.19. The summed E-state index contributed by atoms with van der Waals surface area (Å²) in [6, 6.07) is -0.524. The molecule has 2 atom stereocenters. The summed E-state index contributed by atoms with van der Waals surface area (Å²) in [6.07, 6.45) is 2.50. The molecule has 0 radical (unpaired) electrons. The van der Waals surface area contributed by atoms with E-state index in [9.17, 15) is 9.59 Å². The van der Waals surface area contributed by atoms with Crippen LogP contribution in [-0.4, -0.2) is 38.1 Å². The van der Waals surface area contributed by atoms with Crippen LogP contribution in [0.15, 0.2) is 0 Å². The molecule has 5 nitrogen and oxygen atoms in total. The third kappa shape index (κ3) is 4.64. The fraction of sp³-hybridized carbons (Fsp3) is 0.846. The highest BCUT2D eigenvalue weighted by atomic mass is 16.5. The van der Waals surface area contributed by atoms with Crippen LogP contribution in [0.3, 0.4) is 0 Å². The highest BCUT2D eigenvalue weighted by Gasteiger charge is 2.27. The Morgan fingerprint density at radius 2 is 2.17 bits per heavy atom. The van der Waals surface area contributed by atoms with E-state index in [4.69, 9.17) is 4.74 Å². The second-order valence-corrected chi connectivity index (χ2v) is 5.26. The number of piperidine rings is 1. The number of amides is 1. The lowest BCUT2D eigenvalue weighted by Gasteiger charge is -2.25. The average molecular weight is 256 g/mol. The minimum atomic E-state index is -0.524. The molecule has 1 rings (SSSR count). The summed E-state index contributed by atoms with van der Waals surface area (Å²) in [4.78, 5) is 23.7. The third-order valence-electron chi connectivity index (χ3n) is 3.18. The number of hydrogen-bond donors (Lipinski definition) is 2. The molecule has 0 aromatic rings. The van der Waals surface area contributed by atoms with Crippen molar-refractivity contribution in [2.75, 3.05) is 20.2 Å². The first kappa shape index (κ1) is 15.0. The van der Waals surface area contributed by atoms with Gasteiger partial charge in [-0.05, 0) is 31.7 Å². The maximum absolute atomic E-state index is 12.1. The van der Waals surface area contributed by atoms with Crippen molar-refractivity contribution in [1.82, 2.24) is 10.6 Å². The van der Waals surface area contributed by atoms with Gasteiger partial charge in [-0.15, -0.1) is 0 Å². The number of nitrogens with one attached hydrogen (secondary N) is 2. The zero-order valence-electron chi connectivity index (χ0n) is 11.5. The molecule has 104 valence electrons. The number of hydrogen-bond acceptors (Lipinski definition) is 4. The Labute approximate surface area is 109 Å². The summed E-state index contributed by atoms with van der Waals surface area (Å²) in [5.74, 6) is -0.101. The number of carbonyl (C=O) groups excluding carboxylic acids is 2. The Morgan fingerprint density at radius 3 is 2.67 bits per heavy atom. The molecular weight excluding hydrogens is 232 g/mol. The third-order valence-corrected chi connectivity index (χ3v) is 3.18.